The molecular formula is C22H26N2O3S2. The van der Waals surface area contributed by atoms with Crippen LogP contribution in [0.4, 0.5) is 0 Å². The van der Waals surface area contributed by atoms with Crippen molar-refractivity contribution in [3.05, 3.63) is 71.8 Å². The predicted octanol–water partition coefficient (Wildman–Crippen LogP) is 3.14. The summed E-state index contributed by atoms with van der Waals surface area (Å²) in [5.41, 5.74) is 7.06. The zero-order valence-corrected chi connectivity index (χ0v) is 18.0. The van der Waals surface area contributed by atoms with Gasteiger partial charge in [0, 0.05) is 11.3 Å². The number of hydrogen-bond acceptors (Lipinski definition) is 5. The van der Waals surface area contributed by atoms with E-state index in [0.29, 0.717) is 24.2 Å². The monoisotopic (exact) mass is 430 g/mol. The largest absolute Gasteiger partial charge is 0.368 e. The standard InChI is InChI=1S/C22H26N2O3S2/c1-28-13-12-19(20(23)25)24-21(26)18(14-16-8-4-2-5-9-16)15-29-22(27)17-10-6-3-7-11-17/h2-11,18-19H,12-15H2,1H3,(H2,23,25)(H,24,26)/t18?,19-/m0/s1. The van der Waals surface area contributed by atoms with Gasteiger partial charge in [0.25, 0.3) is 0 Å². The Labute approximate surface area is 180 Å². The van der Waals surface area contributed by atoms with Crippen LogP contribution in [0.1, 0.15) is 22.3 Å². The zero-order valence-electron chi connectivity index (χ0n) is 16.4. The van der Waals surface area contributed by atoms with Crippen LogP contribution in [-0.2, 0) is 16.0 Å². The van der Waals surface area contributed by atoms with Gasteiger partial charge in [-0.1, -0.05) is 72.4 Å². The lowest BCUT2D eigenvalue weighted by atomic mass is 9.99. The first kappa shape index (κ1) is 23.0. The normalized spacial score (nSPS) is 12.7. The van der Waals surface area contributed by atoms with Gasteiger partial charge in [-0.15, -0.1) is 0 Å². The van der Waals surface area contributed by atoms with Crippen LogP contribution in [-0.4, -0.2) is 40.7 Å². The van der Waals surface area contributed by atoms with Crippen LogP contribution in [0.15, 0.2) is 60.7 Å². The van der Waals surface area contributed by atoms with Crippen LogP contribution in [0.25, 0.3) is 0 Å². The van der Waals surface area contributed by atoms with Gasteiger partial charge in [0.2, 0.25) is 16.9 Å². The maximum atomic E-state index is 12.9. The Morgan fingerprint density at radius 3 is 2.21 bits per heavy atom. The molecule has 0 saturated carbocycles. The van der Waals surface area contributed by atoms with Crippen molar-refractivity contribution in [2.75, 3.05) is 17.8 Å². The van der Waals surface area contributed by atoms with E-state index in [1.807, 2.05) is 54.8 Å². The molecule has 29 heavy (non-hydrogen) atoms. The molecule has 3 N–H and O–H groups in total. The first-order valence-corrected chi connectivity index (χ1v) is 11.7. The maximum absolute atomic E-state index is 12.9. The van der Waals surface area contributed by atoms with E-state index in [0.717, 1.165) is 23.1 Å². The molecule has 0 radical (unpaired) electrons. The SMILES string of the molecule is CSCC[C@H](NC(=O)C(CSC(=O)c1ccccc1)Cc1ccccc1)C(N)=O. The molecule has 2 atom stereocenters. The smallest absolute Gasteiger partial charge is 0.240 e. The number of hydrogen-bond donors (Lipinski definition) is 2. The second-order valence-corrected chi connectivity index (χ2v) is 8.57. The Morgan fingerprint density at radius 2 is 1.62 bits per heavy atom. The third-order valence-corrected chi connectivity index (χ3v) is 6.10. The van der Waals surface area contributed by atoms with Crippen LogP contribution in [0, 0.1) is 5.92 Å². The van der Waals surface area contributed by atoms with Crippen LogP contribution >= 0.6 is 23.5 Å². The highest BCUT2D eigenvalue weighted by atomic mass is 32.2. The predicted molar refractivity (Wildman–Crippen MR) is 121 cm³/mol. The molecule has 154 valence electrons. The molecule has 0 saturated heterocycles. The summed E-state index contributed by atoms with van der Waals surface area (Å²) in [4.78, 5) is 37.1. The topological polar surface area (TPSA) is 89.3 Å². The number of amides is 2. The van der Waals surface area contributed by atoms with Gasteiger partial charge in [-0.25, -0.2) is 0 Å². The van der Waals surface area contributed by atoms with Crippen LogP contribution < -0.4 is 11.1 Å². The zero-order chi connectivity index (χ0) is 21.1. The van der Waals surface area contributed by atoms with Crippen molar-refractivity contribution < 1.29 is 14.4 Å². The summed E-state index contributed by atoms with van der Waals surface area (Å²) in [6, 6.07) is 17.9. The summed E-state index contributed by atoms with van der Waals surface area (Å²) in [6.07, 6.45) is 2.90. The lowest BCUT2D eigenvalue weighted by Gasteiger charge is -2.20. The quantitative estimate of drug-likeness (QED) is 0.572. The van der Waals surface area contributed by atoms with Gasteiger partial charge in [-0.3, -0.25) is 14.4 Å². The summed E-state index contributed by atoms with van der Waals surface area (Å²) in [5.74, 6) is -0.210. The van der Waals surface area contributed by atoms with Crippen molar-refractivity contribution in [3.63, 3.8) is 0 Å². The van der Waals surface area contributed by atoms with E-state index < -0.39 is 17.9 Å². The Bertz CT molecular complexity index is 800. The van der Waals surface area contributed by atoms with E-state index in [9.17, 15) is 14.4 Å². The van der Waals surface area contributed by atoms with Gasteiger partial charge in [-0.2, -0.15) is 11.8 Å². The van der Waals surface area contributed by atoms with E-state index >= 15 is 0 Å². The fourth-order valence-corrected chi connectivity index (χ4v) is 4.17. The third-order valence-electron chi connectivity index (χ3n) is 4.39. The summed E-state index contributed by atoms with van der Waals surface area (Å²) in [7, 11) is 0. The van der Waals surface area contributed by atoms with Gasteiger partial charge < -0.3 is 11.1 Å². The van der Waals surface area contributed by atoms with Crippen molar-refractivity contribution in [2.24, 2.45) is 11.7 Å². The van der Waals surface area contributed by atoms with E-state index in [2.05, 4.69) is 5.32 Å². The molecule has 2 aromatic rings. The minimum atomic E-state index is -0.706. The third kappa shape index (κ3) is 7.95. The molecule has 0 aliphatic carbocycles. The van der Waals surface area contributed by atoms with Gasteiger partial charge in [0.05, 0.1) is 5.92 Å². The molecule has 2 amide bonds. The Morgan fingerprint density at radius 1 is 1.00 bits per heavy atom. The highest BCUT2D eigenvalue weighted by Gasteiger charge is 2.25. The van der Waals surface area contributed by atoms with Gasteiger partial charge >= 0.3 is 0 Å². The maximum Gasteiger partial charge on any atom is 0.240 e. The highest BCUT2D eigenvalue weighted by Crippen LogP contribution is 2.20. The molecule has 7 heteroatoms. The molecule has 0 bridgehead atoms. The minimum absolute atomic E-state index is 0.0784. The van der Waals surface area contributed by atoms with E-state index in [-0.39, 0.29) is 11.0 Å². The first-order valence-electron chi connectivity index (χ1n) is 9.36. The molecule has 0 aliphatic rings. The molecule has 1 unspecified atom stereocenters. The van der Waals surface area contributed by atoms with E-state index in [1.165, 1.54) is 0 Å². The van der Waals surface area contributed by atoms with Crippen molar-refractivity contribution >= 4 is 40.5 Å². The molecule has 0 aromatic heterocycles. The lowest BCUT2D eigenvalue weighted by molar-refractivity contribution is -0.129. The summed E-state index contributed by atoms with van der Waals surface area (Å²) in [5, 5.41) is 2.71. The number of thioether (sulfide) groups is 2. The fourth-order valence-electron chi connectivity index (χ4n) is 2.77. The number of nitrogens with two attached hydrogens (primary N) is 1. The number of nitrogens with one attached hydrogen (secondary N) is 1. The second kappa shape index (κ2) is 12.3. The summed E-state index contributed by atoms with van der Waals surface area (Å²) >= 11 is 2.71. The molecule has 0 aliphatic heterocycles. The Balaban J connectivity index is 2.08. The Hall–Kier alpha value is -2.25. The molecule has 2 aromatic carbocycles. The van der Waals surface area contributed by atoms with Crippen molar-refractivity contribution in [2.45, 2.75) is 18.9 Å². The highest BCUT2D eigenvalue weighted by molar-refractivity contribution is 8.14. The van der Waals surface area contributed by atoms with Crippen molar-refractivity contribution in [1.29, 1.82) is 0 Å². The van der Waals surface area contributed by atoms with Gasteiger partial charge in [0.15, 0.2) is 0 Å². The average Bonchev–Trinajstić information content (AvgIpc) is 2.74. The number of carbonyl (C=O) groups excluding carboxylic acids is 3. The number of benzene rings is 2. The van der Waals surface area contributed by atoms with E-state index in [4.69, 9.17) is 5.73 Å². The van der Waals surface area contributed by atoms with E-state index in [1.54, 1.807) is 23.9 Å². The van der Waals surface area contributed by atoms with Crippen LogP contribution in [0.3, 0.4) is 0 Å². The Kier molecular flexibility index (Phi) is 9.80. The molecular weight excluding hydrogens is 404 g/mol. The molecule has 0 spiro atoms. The van der Waals surface area contributed by atoms with Crippen molar-refractivity contribution in [3.8, 4) is 0 Å². The lowest BCUT2D eigenvalue weighted by Crippen LogP contribution is -2.47. The number of carbonyl (C=O) groups is 3. The van der Waals surface area contributed by atoms with Gasteiger partial charge in [-0.05, 0) is 30.4 Å². The van der Waals surface area contributed by atoms with Crippen LogP contribution in [0.5, 0.6) is 0 Å². The second-order valence-electron chi connectivity index (χ2n) is 6.60. The minimum Gasteiger partial charge on any atom is -0.368 e. The molecule has 5 nitrogen and oxygen atoms in total. The first-order chi connectivity index (χ1) is 14.0. The average molecular weight is 431 g/mol. The van der Waals surface area contributed by atoms with Gasteiger partial charge in [0.1, 0.15) is 6.04 Å². The summed E-state index contributed by atoms with van der Waals surface area (Å²) < 4.78 is 0. The summed E-state index contributed by atoms with van der Waals surface area (Å²) in [6.45, 7) is 0. The van der Waals surface area contributed by atoms with Crippen LogP contribution in [0.2, 0.25) is 0 Å². The molecule has 2 rings (SSSR count). The van der Waals surface area contributed by atoms with Crippen molar-refractivity contribution in [1.82, 2.24) is 5.32 Å². The molecule has 0 fully saturated rings. The fraction of sp³-hybridized carbons (Fsp3) is 0.318. The number of primary amides is 1. The molecule has 0 heterocycles. The number of rotatable bonds is 11.